The number of ether oxygens (including phenoxy) is 1. The van der Waals surface area contributed by atoms with Crippen LogP contribution in [0.3, 0.4) is 0 Å². The molecule has 0 atom stereocenters. The number of aromatic nitrogens is 1. The molecule has 1 fully saturated rings. The summed E-state index contributed by atoms with van der Waals surface area (Å²) in [7, 11) is 0. The molecule has 188 valence electrons. The van der Waals surface area contributed by atoms with Crippen molar-refractivity contribution >= 4 is 22.6 Å². The van der Waals surface area contributed by atoms with E-state index in [0.717, 1.165) is 31.2 Å². The number of anilines is 1. The fraction of sp³-hybridized carbons (Fsp3) is 0.630. The topological polar surface area (TPSA) is 72.4 Å². The third-order valence-corrected chi connectivity index (χ3v) is 6.85. The van der Waals surface area contributed by atoms with Gasteiger partial charge in [0, 0.05) is 42.2 Å². The van der Waals surface area contributed by atoms with Gasteiger partial charge in [0.2, 0.25) is 0 Å². The summed E-state index contributed by atoms with van der Waals surface area (Å²) in [5.74, 6) is -0.579. The third-order valence-electron chi connectivity index (χ3n) is 6.85. The number of benzene rings is 1. The van der Waals surface area contributed by atoms with E-state index in [0.29, 0.717) is 49.2 Å². The molecule has 0 unspecified atom stereocenters. The van der Waals surface area contributed by atoms with Crippen LogP contribution < -0.4 is 16.1 Å². The van der Waals surface area contributed by atoms with Crippen LogP contribution in [0.1, 0.15) is 90.2 Å². The maximum Gasteiger partial charge on any atom is 0.305 e. The van der Waals surface area contributed by atoms with Crippen LogP contribution in [-0.2, 0) is 16.1 Å². The maximum atomic E-state index is 15.1. The van der Waals surface area contributed by atoms with E-state index >= 15 is 4.39 Å². The van der Waals surface area contributed by atoms with Gasteiger partial charge in [-0.15, -0.1) is 0 Å². The number of nitrogens with zero attached hydrogens (tertiary/aromatic N) is 1. The Labute approximate surface area is 202 Å². The summed E-state index contributed by atoms with van der Waals surface area (Å²) in [5, 5.41) is 7.08. The normalized spacial score (nSPS) is 14.6. The molecule has 2 aromatic rings. The lowest BCUT2D eigenvalue weighted by atomic mass is 9.95. The molecule has 6 nitrogen and oxygen atoms in total. The minimum atomic E-state index is -0.370. The van der Waals surface area contributed by atoms with Crippen LogP contribution in [0, 0.1) is 5.82 Å². The first-order chi connectivity index (χ1) is 16.5. The van der Waals surface area contributed by atoms with Crippen LogP contribution in [-0.4, -0.2) is 29.7 Å². The van der Waals surface area contributed by atoms with Crippen molar-refractivity contribution in [1.82, 2.24) is 9.88 Å². The molecule has 0 radical (unpaired) electrons. The Morgan fingerprint density at radius 2 is 1.91 bits per heavy atom. The highest BCUT2D eigenvalue weighted by molar-refractivity contribution is 5.83. The van der Waals surface area contributed by atoms with Crippen LogP contribution in [0.5, 0.6) is 0 Å². The van der Waals surface area contributed by atoms with Gasteiger partial charge in [0.15, 0.2) is 5.43 Å². The predicted octanol–water partition coefficient (Wildman–Crippen LogP) is 5.68. The summed E-state index contributed by atoms with van der Waals surface area (Å²) in [4.78, 5) is 24.8. The van der Waals surface area contributed by atoms with E-state index < -0.39 is 0 Å². The summed E-state index contributed by atoms with van der Waals surface area (Å²) in [6.45, 7) is 7.42. The van der Waals surface area contributed by atoms with Crippen LogP contribution >= 0.6 is 0 Å². The van der Waals surface area contributed by atoms with Gasteiger partial charge in [0.05, 0.1) is 17.8 Å². The molecule has 0 saturated heterocycles. The minimum Gasteiger partial charge on any atom is -0.466 e. The molecule has 0 amide bonds. The number of halogens is 1. The smallest absolute Gasteiger partial charge is 0.305 e. The number of rotatable bonds is 12. The summed E-state index contributed by atoms with van der Waals surface area (Å²) >= 11 is 0. The quantitative estimate of drug-likeness (QED) is 0.307. The summed E-state index contributed by atoms with van der Waals surface area (Å²) in [5.41, 5.74) is 1.74. The summed E-state index contributed by atoms with van der Waals surface area (Å²) in [6, 6.07) is 3.74. The average Bonchev–Trinajstić information content (AvgIpc) is 2.83. The number of esters is 1. The second-order valence-electron chi connectivity index (χ2n) is 9.27. The zero-order chi connectivity index (χ0) is 24.5. The van der Waals surface area contributed by atoms with E-state index in [2.05, 4.69) is 29.0 Å². The molecule has 1 saturated carbocycles. The number of hydrogen-bond acceptors (Lipinski definition) is 5. The van der Waals surface area contributed by atoms with Crippen molar-refractivity contribution in [3.8, 4) is 0 Å². The van der Waals surface area contributed by atoms with Gasteiger partial charge >= 0.3 is 5.97 Å². The first-order valence-corrected chi connectivity index (χ1v) is 13.0. The maximum absolute atomic E-state index is 15.1. The fourth-order valence-corrected chi connectivity index (χ4v) is 4.93. The molecular weight excluding hydrogens is 433 g/mol. The molecule has 2 N–H and O–H groups in total. The van der Waals surface area contributed by atoms with Crippen LogP contribution in [0.15, 0.2) is 23.1 Å². The second kappa shape index (κ2) is 12.9. The third kappa shape index (κ3) is 6.59. The number of carbonyl (C=O) groups is 1. The molecule has 34 heavy (non-hydrogen) atoms. The van der Waals surface area contributed by atoms with Gasteiger partial charge in [-0.2, -0.15) is 0 Å². The minimum absolute atomic E-state index is 0.141. The first kappa shape index (κ1) is 26.2. The Hall–Kier alpha value is -2.41. The summed E-state index contributed by atoms with van der Waals surface area (Å²) in [6.07, 6.45) is 10.4. The molecule has 1 aliphatic rings. The van der Waals surface area contributed by atoms with Crippen molar-refractivity contribution in [2.24, 2.45) is 0 Å². The van der Waals surface area contributed by atoms with Gasteiger partial charge in [-0.1, -0.05) is 33.1 Å². The average molecular weight is 474 g/mol. The molecule has 3 rings (SSSR count). The molecule has 1 aliphatic carbocycles. The number of nitrogens with one attached hydrogen (secondary N) is 2. The van der Waals surface area contributed by atoms with Crippen molar-refractivity contribution in [3.63, 3.8) is 0 Å². The van der Waals surface area contributed by atoms with Crippen LogP contribution in [0.2, 0.25) is 0 Å². The largest absolute Gasteiger partial charge is 0.466 e. The van der Waals surface area contributed by atoms with E-state index in [1.54, 1.807) is 6.92 Å². The number of pyridine rings is 1. The highest BCUT2D eigenvalue weighted by Gasteiger charge is 2.19. The van der Waals surface area contributed by atoms with Crippen LogP contribution in [0.4, 0.5) is 10.1 Å². The van der Waals surface area contributed by atoms with Crippen molar-refractivity contribution < 1.29 is 13.9 Å². The molecule has 1 aromatic heterocycles. The molecular formula is C27H40FN3O3. The SMILES string of the molecule is CCOC(=O)CCCNCc1cn(C(CC)CC)c2cc(NC3CCCCC3)c(F)cc2c1=O. The van der Waals surface area contributed by atoms with E-state index in [1.807, 2.05) is 12.3 Å². The Kier molecular flexibility index (Phi) is 9.93. The van der Waals surface area contributed by atoms with Gasteiger partial charge in [-0.05, 0) is 57.7 Å². The van der Waals surface area contributed by atoms with E-state index in [1.165, 1.54) is 25.3 Å². The van der Waals surface area contributed by atoms with Crippen molar-refractivity contribution in [3.05, 3.63) is 39.9 Å². The van der Waals surface area contributed by atoms with Crippen molar-refractivity contribution in [2.45, 2.75) is 97.2 Å². The fourth-order valence-electron chi connectivity index (χ4n) is 4.93. The number of hydrogen-bond donors (Lipinski definition) is 2. The van der Waals surface area contributed by atoms with Gasteiger partial charge in [0.25, 0.3) is 0 Å². The first-order valence-electron chi connectivity index (χ1n) is 13.0. The highest BCUT2D eigenvalue weighted by Crippen LogP contribution is 2.29. The van der Waals surface area contributed by atoms with E-state index in [9.17, 15) is 9.59 Å². The number of fused-ring (bicyclic) bond motifs is 1. The molecule has 0 aliphatic heterocycles. The van der Waals surface area contributed by atoms with Crippen LogP contribution in [0.25, 0.3) is 10.9 Å². The Morgan fingerprint density at radius 1 is 1.18 bits per heavy atom. The van der Waals surface area contributed by atoms with Crippen molar-refractivity contribution in [1.29, 1.82) is 0 Å². The highest BCUT2D eigenvalue weighted by atomic mass is 19.1. The van der Waals surface area contributed by atoms with E-state index in [4.69, 9.17) is 4.74 Å². The second-order valence-corrected chi connectivity index (χ2v) is 9.27. The predicted molar refractivity (Wildman–Crippen MR) is 136 cm³/mol. The van der Waals surface area contributed by atoms with Gasteiger partial charge in [-0.3, -0.25) is 9.59 Å². The Balaban J connectivity index is 1.86. The van der Waals surface area contributed by atoms with Crippen molar-refractivity contribution in [2.75, 3.05) is 18.5 Å². The molecule has 0 spiro atoms. The molecule has 0 bridgehead atoms. The molecule has 7 heteroatoms. The Morgan fingerprint density at radius 3 is 2.59 bits per heavy atom. The lowest BCUT2D eigenvalue weighted by molar-refractivity contribution is -0.143. The lowest BCUT2D eigenvalue weighted by Gasteiger charge is -2.26. The van der Waals surface area contributed by atoms with Gasteiger partial charge in [0.1, 0.15) is 5.82 Å². The van der Waals surface area contributed by atoms with Gasteiger partial charge < -0.3 is 19.9 Å². The molecule has 1 aromatic carbocycles. The summed E-state index contributed by atoms with van der Waals surface area (Å²) < 4.78 is 22.2. The molecule has 1 heterocycles. The lowest BCUT2D eigenvalue weighted by Crippen LogP contribution is -2.25. The zero-order valence-electron chi connectivity index (χ0n) is 20.9. The van der Waals surface area contributed by atoms with E-state index in [-0.39, 0.29) is 29.3 Å². The monoisotopic (exact) mass is 473 g/mol. The number of carbonyl (C=O) groups excluding carboxylic acids is 1. The standard InChI is InChI=1S/C27H40FN3O3/c1-4-21(5-2)31-18-19(17-29-14-10-13-26(32)34-6-3)27(33)22-15-23(28)24(16-25(22)31)30-20-11-8-7-9-12-20/h15-16,18,20-21,29-30H,4-14,17H2,1-3H3. The Bertz CT molecular complexity index is 1010. The van der Waals surface area contributed by atoms with Gasteiger partial charge in [-0.25, -0.2) is 4.39 Å². The zero-order valence-corrected chi connectivity index (χ0v) is 20.9.